The molecule has 1 aromatic carbocycles. The van der Waals surface area contributed by atoms with E-state index in [1.54, 1.807) is 0 Å². The molecule has 2 N–H and O–H groups in total. The minimum absolute atomic E-state index is 0.558. The monoisotopic (exact) mass is 371 g/mol. The quantitative estimate of drug-likeness (QED) is 0.772. The molecule has 0 bridgehead atoms. The van der Waals surface area contributed by atoms with E-state index in [0.717, 1.165) is 16.0 Å². The normalized spacial score (nSPS) is 15.8. The lowest BCUT2D eigenvalue weighted by Gasteiger charge is -2.28. The van der Waals surface area contributed by atoms with Crippen LogP contribution in [0.4, 0.5) is 0 Å². The van der Waals surface area contributed by atoms with Gasteiger partial charge in [-0.25, -0.2) is 9.59 Å². The van der Waals surface area contributed by atoms with Crippen molar-refractivity contribution in [3.8, 4) is 0 Å². The van der Waals surface area contributed by atoms with Crippen LogP contribution in [0.2, 0.25) is 5.02 Å². The number of hydrogen-bond donors (Lipinski definition) is 2. The summed E-state index contributed by atoms with van der Waals surface area (Å²) < 4.78 is 0. The van der Waals surface area contributed by atoms with Gasteiger partial charge in [0.2, 0.25) is 0 Å². The number of thioether (sulfide) groups is 1. The molecule has 0 atom stereocenters. The van der Waals surface area contributed by atoms with E-state index in [4.69, 9.17) is 21.8 Å². The van der Waals surface area contributed by atoms with E-state index in [1.807, 2.05) is 12.1 Å². The molecule has 1 fully saturated rings. The largest absolute Gasteiger partial charge is 0.478 e. The van der Waals surface area contributed by atoms with E-state index in [1.165, 1.54) is 31.5 Å². The van der Waals surface area contributed by atoms with Crippen LogP contribution < -0.4 is 0 Å². The van der Waals surface area contributed by atoms with Crippen molar-refractivity contribution in [2.24, 2.45) is 0 Å². The van der Waals surface area contributed by atoms with Gasteiger partial charge in [-0.3, -0.25) is 0 Å². The molecule has 0 amide bonds. The van der Waals surface area contributed by atoms with Crippen molar-refractivity contribution < 1.29 is 19.8 Å². The fraction of sp³-hybridized carbons (Fsp3) is 0.412. The maximum Gasteiger partial charge on any atom is 0.328 e. The number of carboxylic acids is 2. The van der Waals surface area contributed by atoms with Crippen molar-refractivity contribution in [1.82, 2.24) is 4.90 Å². The average Bonchev–Trinajstić information content (AvgIpc) is 2.53. The van der Waals surface area contributed by atoms with Gasteiger partial charge in [-0.15, -0.1) is 0 Å². The third-order valence-electron chi connectivity index (χ3n) is 3.41. The molecule has 0 aromatic heterocycles. The molecular formula is C17H22ClNO4S. The molecule has 7 heteroatoms. The standard InChI is InChI=1S/C13H18ClNS.C4H4O4/c1-15-7-5-13(6-8-15)16-10-11-3-2-4-12(14)9-11;5-3(6)1-2-4(7)8/h2-4,9,13H,5-8,10H2,1H3;1-2H,(H,5,6)(H,7,8)/b;2-1-. The molecule has 1 heterocycles. The Morgan fingerprint density at radius 3 is 2.33 bits per heavy atom. The second-order valence-electron chi connectivity index (χ2n) is 5.45. The number of likely N-dealkylation sites (tertiary alicyclic amines) is 1. The Morgan fingerprint density at radius 2 is 1.83 bits per heavy atom. The van der Waals surface area contributed by atoms with Crippen LogP contribution in [0.5, 0.6) is 0 Å². The SMILES string of the molecule is CN1CCC(SCc2cccc(Cl)c2)CC1.O=C(O)/C=C\C(=O)O. The summed E-state index contributed by atoms with van der Waals surface area (Å²) in [6, 6.07) is 8.20. The number of halogens is 1. The lowest BCUT2D eigenvalue weighted by atomic mass is 10.1. The Morgan fingerprint density at radius 1 is 1.25 bits per heavy atom. The Bertz CT molecular complexity index is 555. The van der Waals surface area contributed by atoms with Crippen molar-refractivity contribution >= 4 is 35.3 Å². The fourth-order valence-corrected chi connectivity index (χ4v) is 3.50. The summed E-state index contributed by atoms with van der Waals surface area (Å²) in [6.45, 7) is 2.49. The summed E-state index contributed by atoms with van der Waals surface area (Å²) in [5.41, 5.74) is 1.34. The highest BCUT2D eigenvalue weighted by Crippen LogP contribution is 2.26. The minimum atomic E-state index is -1.26. The Labute approximate surface area is 151 Å². The molecule has 1 saturated heterocycles. The van der Waals surface area contributed by atoms with Crippen LogP contribution in [0.15, 0.2) is 36.4 Å². The predicted molar refractivity (Wildman–Crippen MR) is 97.7 cm³/mol. The maximum atomic E-state index is 9.55. The van der Waals surface area contributed by atoms with E-state index in [0.29, 0.717) is 12.2 Å². The summed E-state index contributed by atoms with van der Waals surface area (Å²) in [5.74, 6) is -1.42. The van der Waals surface area contributed by atoms with Crippen molar-refractivity contribution in [3.05, 3.63) is 47.0 Å². The molecule has 0 unspecified atom stereocenters. The zero-order valence-corrected chi connectivity index (χ0v) is 15.1. The predicted octanol–water partition coefficient (Wildman–Crippen LogP) is 3.38. The molecule has 1 aliphatic heterocycles. The Hall–Kier alpha value is -1.50. The topological polar surface area (TPSA) is 77.8 Å². The zero-order valence-electron chi connectivity index (χ0n) is 13.5. The summed E-state index contributed by atoms with van der Waals surface area (Å²) in [5, 5.41) is 17.3. The van der Waals surface area contributed by atoms with Crippen LogP contribution in [0.3, 0.4) is 0 Å². The highest BCUT2D eigenvalue weighted by molar-refractivity contribution is 7.99. The second kappa shape index (κ2) is 11.1. The highest BCUT2D eigenvalue weighted by Gasteiger charge is 2.16. The molecule has 1 aliphatic rings. The van der Waals surface area contributed by atoms with Gasteiger partial charge in [0.1, 0.15) is 0 Å². The van der Waals surface area contributed by atoms with Crippen LogP contribution in [0.1, 0.15) is 18.4 Å². The second-order valence-corrected chi connectivity index (χ2v) is 7.18. The number of carbonyl (C=O) groups is 2. The summed E-state index contributed by atoms with van der Waals surface area (Å²) in [6.07, 6.45) is 3.76. The van der Waals surface area contributed by atoms with Gasteiger partial charge >= 0.3 is 11.9 Å². The van der Waals surface area contributed by atoms with Gasteiger partial charge in [0, 0.05) is 28.2 Å². The summed E-state index contributed by atoms with van der Waals surface area (Å²) in [4.78, 5) is 21.5. The smallest absolute Gasteiger partial charge is 0.328 e. The van der Waals surface area contributed by atoms with Crippen LogP contribution in [-0.2, 0) is 15.3 Å². The number of benzene rings is 1. The van der Waals surface area contributed by atoms with Gasteiger partial charge < -0.3 is 15.1 Å². The third kappa shape index (κ3) is 9.60. The van der Waals surface area contributed by atoms with Gasteiger partial charge in [-0.05, 0) is 50.7 Å². The van der Waals surface area contributed by atoms with E-state index >= 15 is 0 Å². The first kappa shape index (κ1) is 20.5. The maximum absolute atomic E-state index is 9.55. The first-order chi connectivity index (χ1) is 11.4. The molecule has 0 saturated carbocycles. The van der Waals surface area contributed by atoms with Crippen LogP contribution in [-0.4, -0.2) is 52.4 Å². The van der Waals surface area contributed by atoms with E-state index in [-0.39, 0.29) is 0 Å². The molecule has 24 heavy (non-hydrogen) atoms. The number of rotatable bonds is 5. The minimum Gasteiger partial charge on any atom is -0.478 e. The molecule has 2 rings (SSSR count). The van der Waals surface area contributed by atoms with Gasteiger partial charge in [-0.2, -0.15) is 11.8 Å². The van der Waals surface area contributed by atoms with Crippen LogP contribution >= 0.6 is 23.4 Å². The zero-order chi connectivity index (χ0) is 17.9. The molecule has 0 radical (unpaired) electrons. The molecule has 5 nitrogen and oxygen atoms in total. The number of carboxylic acid groups (broad SMARTS) is 2. The highest BCUT2D eigenvalue weighted by atomic mass is 35.5. The van der Waals surface area contributed by atoms with Crippen molar-refractivity contribution in [2.45, 2.75) is 23.8 Å². The first-order valence-electron chi connectivity index (χ1n) is 7.55. The molecule has 132 valence electrons. The lowest BCUT2D eigenvalue weighted by molar-refractivity contribution is -0.134. The average molecular weight is 372 g/mol. The number of piperidine rings is 1. The Balaban J connectivity index is 0.000000307. The molecular weight excluding hydrogens is 350 g/mol. The molecule has 0 spiro atoms. The lowest BCUT2D eigenvalue weighted by Crippen LogP contribution is -2.31. The summed E-state index contributed by atoms with van der Waals surface area (Å²) >= 11 is 8.05. The van der Waals surface area contributed by atoms with Crippen LogP contribution in [0.25, 0.3) is 0 Å². The van der Waals surface area contributed by atoms with Crippen molar-refractivity contribution in [3.63, 3.8) is 0 Å². The first-order valence-corrected chi connectivity index (χ1v) is 8.98. The van der Waals surface area contributed by atoms with Crippen molar-refractivity contribution in [2.75, 3.05) is 20.1 Å². The van der Waals surface area contributed by atoms with Gasteiger partial charge in [0.05, 0.1) is 0 Å². The van der Waals surface area contributed by atoms with Gasteiger partial charge in [0.15, 0.2) is 0 Å². The van der Waals surface area contributed by atoms with E-state index in [2.05, 4.69) is 35.8 Å². The summed E-state index contributed by atoms with van der Waals surface area (Å²) in [7, 11) is 2.21. The molecule has 0 aliphatic carbocycles. The number of nitrogens with zero attached hydrogens (tertiary/aromatic N) is 1. The van der Waals surface area contributed by atoms with Crippen LogP contribution in [0, 0.1) is 0 Å². The van der Waals surface area contributed by atoms with E-state index in [9.17, 15) is 9.59 Å². The van der Waals surface area contributed by atoms with E-state index < -0.39 is 11.9 Å². The van der Waals surface area contributed by atoms with Gasteiger partial charge in [-0.1, -0.05) is 23.7 Å². The third-order valence-corrected chi connectivity index (χ3v) is 5.09. The fourth-order valence-electron chi connectivity index (χ4n) is 2.13. The number of aliphatic carboxylic acids is 2. The van der Waals surface area contributed by atoms with Gasteiger partial charge in [0.25, 0.3) is 0 Å². The Kier molecular flexibility index (Phi) is 9.52. The molecule has 1 aromatic rings. The number of hydrogen-bond acceptors (Lipinski definition) is 4. The van der Waals surface area contributed by atoms with Crippen molar-refractivity contribution in [1.29, 1.82) is 0 Å².